The number of methoxy groups -OCH3 is 1. The average molecular weight is 369 g/mol. The maximum absolute atomic E-state index is 9.40. The predicted octanol–water partition coefficient (Wildman–Crippen LogP) is 4.20. The van der Waals surface area contributed by atoms with Crippen LogP contribution in [0.25, 0.3) is 10.9 Å². The fourth-order valence-corrected chi connectivity index (χ4v) is 2.78. The smallest absolute Gasteiger partial charge is 0.147 e. The van der Waals surface area contributed by atoms with Crippen LogP contribution in [-0.2, 0) is 0 Å². The Morgan fingerprint density at radius 3 is 2.83 bits per heavy atom. The van der Waals surface area contributed by atoms with Gasteiger partial charge in [-0.3, -0.25) is 4.98 Å². The number of pyridine rings is 1. The summed E-state index contributed by atoms with van der Waals surface area (Å²) in [7, 11) is 1.56. The van der Waals surface area contributed by atoms with Crippen LogP contribution in [-0.4, -0.2) is 12.1 Å². The van der Waals surface area contributed by atoms with Crippen molar-refractivity contribution in [1.82, 2.24) is 4.98 Å². The Labute approximate surface area is 141 Å². The predicted molar refractivity (Wildman–Crippen MR) is 94.8 cm³/mol. The minimum atomic E-state index is 0.435. The van der Waals surface area contributed by atoms with Crippen molar-refractivity contribution in [2.75, 3.05) is 18.2 Å². The van der Waals surface area contributed by atoms with E-state index in [1.54, 1.807) is 19.2 Å². The summed E-state index contributed by atoms with van der Waals surface area (Å²) in [6, 6.07) is 13.3. The Bertz CT molecular complexity index is 934. The summed E-state index contributed by atoms with van der Waals surface area (Å²) in [5, 5.41) is 13.4. The van der Waals surface area contributed by atoms with E-state index in [9.17, 15) is 5.26 Å². The molecule has 23 heavy (non-hydrogen) atoms. The Kier molecular flexibility index (Phi) is 4.04. The van der Waals surface area contributed by atoms with Crippen LogP contribution < -0.4 is 15.8 Å². The third-order valence-corrected chi connectivity index (χ3v) is 3.89. The SMILES string of the molecule is COc1cc(N)cc2c(Nc3cccc(Br)c3)c(C#N)cnc12. The van der Waals surface area contributed by atoms with Crippen LogP contribution in [0.1, 0.15) is 5.56 Å². The molecular weight excluding hydrogens is 356 g/mol. The standard InChI is InChI=1S/C17H13BrN4O/c1-23-15-7-12(20)6-14-16(10(8-19)9-21-17(14)15)22-13-4-2-3-11(18)5-13/h2-7,9H,20H2,1H3,(H,21,22). The summed E-state index contributed by atoms with van der Waals surface area (Å²) in [4.78, 5) is 4.33. The molecule has 0 atom stereocenters. The summed E-state index contributed by atoms with van der Waals surface area (Å²) in [6.07, 6.45) is 1.53. The van der Waals surface area contributed by atoms with Gasteiger partial charge in [-0.05, 0) is 24.3 Å². The van der Waals surface area contributed by atoms with Crippen LogP contribution in [0.5, 0.6) is 5.75 Å². The Hall–Kier alpha value is -2.78. The first-order chi connectivity index (χ1) is 11.1. The summed E-state index contributed by atoms with van der Waals surface area (Å²) >= 11 is 3.44. The number of rotatable bonds is 3. The molecule has 0 aliphatic rings. The highest BCUT2D eigenvalue weighted by Crippen LogP contribution is 2.35. The lowest BCUT2D eigenvalue weighted by molar-refractivity contribution is 0.419. The number of nitrogens with two attached hydrogens (primary N) is 1. The number of anilines is 3. The summed E-state index contributed by atoms with van der Waals surface area (Å²) in [6.45, 7) is 0. The highest BCUT2D eigenvalue weighted by molar-refractivity contribution is 9.10. The number of nitrogens with zero attached hydrogens (tertiary/aromatic N) is 2. The zero-order valence-electron chi connectivity index (χ0n) is 12.3. The van der Waals surface area contributed by atoms with Crippen molar-refractivity contribution >= 4 is 43.9 Å². The molecule has 1 heterocycles. The van der Waals surface area contributed by atoms with E-state index in [1.807, 2.05) is 24.3 Å². The zero-order chi connectivity index (χ0) is 16.4. The van der Waals surface area contributed by atoms with Crippen LogP contribution in [0.15, 0.2) is 47.1 Å². The molecule has 6 heteroatoms. The Balaban J connectivity index is 2.25. The van der Waals surface area contributed by atoms with E-state index in [1.165, 1.54) is 6.20 Å². The van der Waals surface area contributed by atoms with Gasteiger partial charge >= 0.3 is 0 Å². The molecule has 0 aliphatic carbocycles. The van der Waals surface area contributed by atoms with Crippen molar-refractivity contribution in [3.05, 3.63) is 52.6 Å². The normalized spacial score (nSPS) is 10.3. The number of aromatic nitrogens is 1. The van der Waals surface area contributed by atoms with E-state index in [0.717, 1.165) is 15.5 Å². The third kappa shape index (κ3) is 2.91. The average Bonchev–Trinajstić information content (AvgIpc) is 2.54. The molecule has 0 fully saturated rings. The number of nitrogen functional groups attached to an aromatic ring is 1. The van der Waals surface area contributed by atoms with Gasteiger partial charge in [-0.25, -0.2) is 0 Å². The van der Waals surface area contributed by atoms with Gasteiger partial charge in [-0.15, -0.1) is 0 Å². The van der Waals surface area contributed by atoms with Gasteiger partial charge in [0, 0.05) is 33.5 Å². The molecular formula is C17H13BrN4O. The second-order valence-electron chi connectivity index (χ2n) is 4.91. The van der Waals surface area contributed by atoms with Gasteiger partial charge in [0.2, 0.25) is 0 Å². The molecule has 3 aromatic rings. The van der Waals surface area contributed by atoms with Crippen LogP contribution in [0.4, 0.5) is 17.1 Å². The van der Waals surface area contributed by atoms with E-state index >= 15 is 0 Å². The van der Waals surface area contributed by atoms with Gasteiger partial charge < -0.3 is 15.8 Å². The van der Waals surface area contributed by atoms with E-state index < -0.39 is 0 Å². The topological polar surface area (TPSA) is 84.0 Å². The van der Waals surface area contributed by atoms with Crippen molar-refractivity contribution in [1.29, 1.82) is 5.26 Å². The van der Waals surface area contributed by atoms with Gasteiger partial charge in [0.15, 0.2) is 0 Å². The first kappa shape index (κ1) is 15.1. The quantitative estimate of drug-likeness (QED) is 0.676. The van der Waals surface area contributed by atoms with E-state index in [-0.39, 0.29) is 0 Å². The molecule has 3 rings (SSSR count). The van der Waals surface area contributed by atoms with Crippen molar-refractivity contribution in [3.8, 4) is 11.8 Å². The fourth-order valence-electron chi connectivity index (χ4n) is 2.38. The first-order valence-corrected chi connectivity index (χ1v) is 7.60. The fraction of sp³-hybridized carbons (Fsp3) is 0.0588. The van der Waals surface area contributed by atoms with Crippen molar-refractivity contribution in [2.45, 2.75) is 0 Å². The molecule has 5 nitrogen and oxygen atoms in total. The third-order valence-electron chi connectivity index (χ3n) is 3.39. The molecule has 0 unspecified atom stereocenters. The van der Waals surface area contributed by atoms with Crippen LogP contribution in [0.3, 0.4) is 0 Å². The number of benzene rings is 2. The molecule has 0 amide bonds. The maximum Gasteiger partial charge on any atom is 0.147 e. The molecule has 0 radical (unpaired) electrons. The second-order valence-corrected chi connectivity index (χ2v) is 5.83. The largest absolute Gasteiger partial charge is 0.494 e. The Morgan fingerprint density at radius 1 is 1.30 bits per heavy atom. The van der Waals surface area contributed by atoms with Crippen molar-refractivity contribution in [3.63, 3.8) is 0 Å². The minimum absolute atomic E-state index is 0.435. The number of halogens is 1. The zero-order valence-corrected chi connectivity index (χ0v) is 13.9. The van der Waals surface area contributed by atoms with Crippen LogP contribution in [0, 0.1) is 11.3 Å². The summed E-state index contributed by atoms with van der Waals surface area (Å²) in [5.41, 5.74) is 9.09. The van der Waals surface area contributed by atoms with E-state index in [0.29, 0.717) is 28.2 Å². The van der Waals surface area contributed by atoms with Crippen LogP contribution >= 0.6 is 15.9 Å². The maximum atomic E-state index is 9.40. The van der Waals surface area contributed by atoms with Gasteiger partial charge in [0.1, 0.15) is 17.3 Å². The highest BCUT2D eigenvalue weighted by atomic mass is 79.9. The number of ether oxygens (including phenoxy) is 1. The second kappa shape index (κ2) is 6.15. The summed E-state index contributed by atoms with van der Waals surface area (Å²) < 4.78 is 6.29. The number of fused-ring (bicyclic) bond motifs is 1. The molecule has 114 valence electrons. The molecule has 3 N–H and O–H groups in total. The lowest BCUT2D eigenvalue weighted by Crippen LogP contribution is -1.99. The van der Waals surface area contributed by atoms with Gasteiger partial charge in [0.05, 0.1) is 18.4 Å². The van der Waals surface area contributed by atoms with Gasteiger partial charge in [-0.2, -0.15) is 5.26 Å². The van der Waals surface area contributed by atoms with Crippen molar-refractivity contribution < 1.29 is 4.74 Å². The van der Waals surface area contributed by atoms with Gasteiger partial charge in [0.25, 0.3) is 0 Å². The molecule has 2 aromatic carbocycles. The number of hydrogen-bond acceptors (Lipinski definition) is 5. The number of hydrogen-bond donors (Lipinski definition) is 2. The lowest BCUT2D eigenvalue weighted by Gasteiger charge is -2.14. The first-order valence-electron chi connectivity index (χ1n) is 6.81. The molecule has 0 saturated carbocycles. The molecule has 0 saturated heterocycles. The Morgan fingerprint density at radius 2 is 2.13 bits per heavy atom. The van der Waals surface area contributed by atoms with E-state index in [2.05, 4.69) is 32.3 Å². The van der Waals surface area contributed by atoms with E-state index in [4.69, 9.17) is 10.5 Å². The molecule has 0 spiro atoms. The molecule has 0 aliphatic heterocycles. The highest BCUT2D eigenvalue weighted by Gasteiger charge is 2.13. The number of nitriles is 1. The molecule has 0 bridgehead atoms. The lowest BCUT2D eigenvalue weighted by atomic mass is 10.1. The van der Waals surface area contributed by atoms with Crippen LogP contribution in [0.2, 0.25) is 0 Å². The monoisotopic (exact) mass is 368 g/mol. The van der Waals surface area contributed by atoms with Crippen molar-refractivity contribution in [2.24, 2.45) is 0 Å². The summed E-state index contributed by atoms with van der Waals surface area (Å²) in [5.74, 6) is 0.571. The minimum Gasteiger partial charge on any atom is -0.494 e. The molecule has 1 aromatic heterocycles. The number of nitrogens with one attached hydrogen (secondary N) is 1. The van der Waals surface area contributed by atoms with Gasteiger partial charge in [-0.1, -0.05) is 22.0 Å².